The van der Waals surface area contributed by atoms with Gasteiger partial charge in [-0.1, -0.05) is 56.3 Å². The fraction of sp³-hybridized carbons (Fsp3) is 0.542. The molecule has 2 fully saturated rings. The first kappa shape index (κ1) is 25.9. The molecule has 0 saturated carbocycles. The first-order valence-electron chi connectivity index (χ1n) is 10.9. The SMILES string of the molecule is CC1(C)CN(CC(=O)N2CCN(Cc3cccc4ccccc34)CC2)CCC1N.Cl.Cl. The summed E-state index contributed by atoms with van der Waals surface area (Å²) in [4.78, 5) is 19.6. The number of rotatable bonds is 4. The average molecular weight is 467 g/mol. The lowest BCUT2D eigenvalue weighted by Gasteiger charge is -2.43. The molecule has 0 spiro atoms. The van der Waals surface area contributed by atoms with E-state index in [-0.39, 0.29) is 42.2 Å². The molecule has 172 valence electrons. The molecule has 4 rings (SSSR count). The molecule has 2 aliphatic rings. The van der Waals surface area contributed by atoms with E-state index in [0.717, 1.165) is 52.2 Å². The molecule has 2 aromatic rings. The van der Waals surface area contributed by atoms with E-state index in [1.165, 1.54) is 16.3 Å². The van der Waals surface area contributed by atoms with E-state index in [4.69, 9.17) is 5.73 Å². The standard InChI is InChI=1S/C24H34N4O.2ClH/c1-24(2)18-27(11-10-22(24)25)17-23(29)28-14-12-26(13-15-28)16-20-8-5-7-19-6-3-4-9-21(19)20;;/h3-9,22H,10-18,25H2,1-2H3;2*1H. The molecule has 1 atom stereocenters. The van der Waals surface area contributed by atoms with Crippen molar-refractivity contribution in [3.8, 4) is 0 Å². The van der Waals surface area contributed by atoms with Crippen molar-refractivity contribution in [3.63, 3.8) is 0 Å². The van der Waals surface area contributed by atoms with Crippen molar-refractivity contribution in [2.24, 2.45) is 11.1 Å². The highest BCUT2D eigenvalue weighted by Crippen LogP contribution is 2.27. The Hall–Kier alpha value is -1.37. The number of hydrogen-bond donors (Lipinski definition) is 1. The van der Waals surface area contributed by atoms with Crippen molar-refractivity contribution >= 4 is 41.5 Å². The highest BCUT2D eigenvalue weighted by molar-refractivity contribution is 5.86. The van der Waals surface area contributed by atoms with E-state index in [1.807, 2.05) is 4.90 Å². The zero-order chi connectivity index (χ0) is 20.4. The summed E-state index contributed by atoms with van der Waals surface area (Å²) in [6.07, 6.45) is 0.971. The summed E-state index contributed by atoms with van der Waals surface area (Å²) in [7, 11) is 0. The summed E-state index contributed by atoms with van der Waals surface area (Å²) in [6, 6.07) is 15.3. The predicted molar refractivity (Wildman–Crippen MR) is 133 cm³/mol. The highest BCUT2D eigenvalue weighted by atomic mass is 35.5. The van der Waals surface area contributed by atoms with Crippen LogP contribution in [-0.4, -0.2) is 72.5 Å². The number of amides is 1. The number of nitrogens with zero attached hydrogens (tertiary/aromatic N) is 3. The van der Waals surface area contributed by atoms with Gasteiger partial charge < -0.3 is 10.6 Å². The van der Waals surface area contributed by atoms with E-state index in [0.29, 0.717) is 6.54 Å². The van der Waals surface area contributed by atoms with Crippen LogP contribution in [0, 0.1) is 5.41 Å². The van der Waals surface area contributed by atoms with Crippen molar-refractivity contribution in [1.29, 1.82) is 0 Å². The topological polar surface area (TPSA) is 52.8 Å². The minimum atomic E-state index is 0. The lowest BCUT2D eigenvalue weighted by Crippen LogP contribution is -2.56. The van der Waals surface area contributed by atoms with Crippen LogP contribution in [-0.2, 0) is 11.3 Å². The van der Waals surface area contributed by atoms with Gasteiger partial charge in [0.2, 0.25) is 5.91 Å². The van der Waals surface area contributed by atoms with Crippen LogP contribution in [0.4, 0.5) is 0 Å². The molecule has 2 N–H and O–H groups in total. The van der Waals surface area contributed by atoms with Crippen LogP contribution in [0.3, 0.4) is 0 Å². The number of piperidine rings is 1. The summed E-state index contributed by atoms with van der Waals surface area (Å²) in [5, 5.41) is 2.63. The third-order valence-electron chi connectivity index (χ3n) is 6.75. The molecule has 2 aliphatic heterocycles. The molecule has 31 heavy (non-hydrogen) atoms. The van der Waals surface area contributed by atoms with Crippen LogP contribution < -0.4 is 5.73 Å². The number of hydrogen-bond acceptors (Lipinski definition) is 4. The maximum absolute atomic E-state index is 12.8. The number of carbonyl (C=O) groups is 1. The minimum Gasteiger partial charge on any atom is -0.339 e. The molecule has 0 aliphatic carbocycles. The van der Waals surface area contributed by atoms with Gasteiger partial charge in [-0.2, -0.15) is 0 Å². The zero-order valence-electron chi connectivity index (χ0n) is 18.6. The van der Waals surface area contributed by atoms with Gasteiger partial charge in [0.05, 0.1) is 6.54 Å². The molecule has 0 radical (unpaired) electrons. The summed E-state index contributed by atoms with van der Waals surface area (Å²) < 4.78 is 0. The van der Waals surface area contributed by atoms with Gasteiger partial charge in [-0.05, 0) is 28.2 Å². The van der Waals surface area contributed by atoms with Crippen molar-refractivity contribution < 1.29 is 4.79 Å². The van der Waals surface area contributed by atoms with Crippen LogP contribution in [0.5, 0.6) is 0 Å². The summed E-state index contributed by atoms with van der Waals surface area (Å²) in [5.74, 6) is 0.265. The molecule has 0 aromatic heterocycles. The van der Waals surface area contributed by atoms with Crippen LogP contribution in [0.1, 0.15) is 25.8 Å². The fourth-order valence-electron chi connectivity index (χ4n) is 4.74. The number of halogens is 2. The van der Waals surface area contributed by atoms with Gasteiger partial charge in [0.15, 0.2) is 0 Å². The molecule has 0 bridgehead atoms. The number of piperazine rings is 1. The molecule has 7 heteroatoms. The summed E-state index contributed by atoms with van der Waals surface area (Å²) >= 11 is 0. The molecule has 1 unspecified atom stereocenters. The minimum absolute atomic E-state index is 0. The quantitative estimate of drug-likeness (QED) is 0.749. The molecule has 5 nitrogen and oxygen atoms in total. The first-order valence-corrected chi connectivity index (χ1v) is 10.9. The van der Waals surface area contributed by atoms with Crippen LogP contribution >= 0.6 is 24.8 Å². The molecule has 1 amide bonds. The predicted octanol–water partition coefficient (Wildman–Crippen LogP) is 3.39. The van der Waals surface area contributed by atoms with E-state index < -0.39 is 0 Å². The third-order valence-corrected chi connectivity index (χ3v) is 6.75. The van der Waals surface area contributed by atoms with E-state index in [1.54, 1.807) is 0 Å². The molecule has 2 heterocycles. The van der Waals surface area contributed by atoms with Gasteiger partial charge in [0, 0.05) is 51.9 Å². The van der Waals surface area contributed by atoms with Gasteiger partial charge in [0.25, 0.3) is 0 Å². The number of likely N-dealkylation sites (tertiary alicyclic amines) is 1. The number of fused-ring (bicyclic) bond motifs is 1. The van der Waals surface area contributed by atoms with E-state index in [2.05, 4.69) is 66.1 Å². The van der Waals surface area contributed by atoms with Crippen molar-refractivity contribution in [2.75, 3.05) is 45.8 Å². The maximum atomic E-state index is 12.8. The van der Waals surface area contributed by atoms with E-state index in [9.17, 15) is 4.79 Å². The van der Waals surface area contributed by atoms with Gasteiger partial charge in [0.1, 0.15) is 0 Å². The largest absolute Gasteiger partial charge is 0.339 e. The lowest BCUT2D eigenvalue weighted by atomic mass is 9.80. The van der Waals surface area contributed by atoms with Crippen LogP contribution in [0.15, 0.2) is 42.5 Å². The molecule has 2 saturated heterocycles. The Morgan fingerprint density at radius 2 is 1.65 bits per heavy atom. The second kappa shape index (κ2) is 11.0. The van der Waals surface area contributed by atoms with Crippen LogP contribution in [0.2, 0.25) is 0 Å². The molecular formula is C24H36Cl2N4O. The van der Waals surface area contributed by atoms with E-state index >= 15 is 0 Å². The number of benzene rings is 2. The Morgan fingerprint density at radius 3 is 2.35 bits per heavy atom. The second-order valence-corrected chi connectivity index (χ2v) is 9.39. The van der Waals surface area contributed by atoms with Crippen molar-refractivity contribution in [1.82, 2.24) is 14.7 Å². The molecule has 2 aromatic carbocycles. The number of nitrogens with two attached hydrogens (primary N) is 1. The molecular weight excluding hydrogens is 431 g/mol. The smallest absolute Gasteiger partial charge is 0.236 e. The Balaban J connectivity index is 0.00000171. The second-order valence-electron chi connectivity index (χ2n) is 9.39. The van der Waals surface area contributed by atoms with Gasteiger partial charge >= 0.3 is 0 Å². The monoisotopic (exact) mass is 466 g/mol. The Kier molecular flexibility index (Phi) is 9.16. The van der Waals surface area contributed by atoms with Crippen LogP contribution in [0.25, 0.3) is 10.8 Å². The summed E-state index contributed by atoms with van der Waals surface area (Å²) in [6.45, 7) is 11.2. The lowest BCUT2D eigenvalue weighted by molar-refractivity contribution is -0.135. The Morgan fingerprint density at radius 1 is 0.968 bits per heavy atom. The Bertz CT molecular complexity index is 862. The normalized spacial score (nSPS) is 21.9. The third kappa shape index (κ3) is 6.11. The average Bonchev–Trinajstić information content (AvgIpc) is 2.71. The van der Waals surface area contributed by atoms with Gasteiger partial charge in [-0.25, -0.2) is 0 Å². The van der Waals surface area contributed by atoms with Gasteiger partial charge in [-0.3, -0.25) is 14.6 Å². The maximum Gasteiger partial charge on any atom is 0.236 e. The first-order chi connectivity index (χ1) is 13.9. The zero-order valence-corrected chi connectivity index (χ0v) is 20.3. The van der Waals surface area contributed by atoms with Crippen molar-refractivity contribution in [2.45, 2.75) is 32.9 Å². The highest BCUT2D eigenvalue weighted by Gasteiger charge is 2.34. The number of carbonyl (C=O) groups excluding carboxylic acids is 1. The van der Waals surface area contributed by atoms with Crippen molar-refractivity contribution in [3.05, 3.63) is 48.0 Å². The fourth-order valence-corrected chi connectivity index (χ4v) is 4.74. The summed E-state index contributed by atoms with van der Waals surface area (Å²) in [5.41, 5.74) is 7.68. The Labute approximate surface area is 198 Å². The van der Waals surface area contributed by atoms with Gasteiger partial charge in [-0.15, -0.1) is 24.8 Å².